The van der Waals surface area contributed by atoms with E-state index >= 15 is 0 Å². The van der Waals surface area contributed by atoms with Gasteiger partial charge in [0, 0.05) is 28.6 Å². The lowest BCUT2D eigenvalue weighted by molar-refractivity contribution is 0.531. The maximum absolute atomic E-state index is 4.08. The molecule has 0 saturated carbocycles. The van der Waals surface area contributed by atoms with E-state index in [1.54, 1.807) is 11.3 Å². The van der Waals surface area contributed by atoms with Gasteiger partial charge in [0.05, 0.1) is 5.51 Å². The first-order valence-corrected chi connectivity index (χ1v) is 6.57. The Hall–Kier alpha value is 0.230. The lowest BCUT2D eigenvalue weighted by atomic mass is 10.2. The SMILES string of the molecule is Cl.c1ncc(CSC2CCCNC2)s1. The van der Waals surface area contributed by atoms with E-state index in [0.29, 0.717) is 0 Å². The van der Waals surface area contributed by atoms with E-state index in [4.69, 9.17) is 0 Å². The molecular formula is C9H15ClN2S2. The van der Waals surface area contributed by atoms with Crippen molar-refractivity contribution in [2.45, 2.75) is 23.8 Å². The van der Waals surface area contributed by atoms with Gasteiger partial charge in [0.15, 0.2) is 0 Å². The van der Waals surface area contributed by atoms with Gasteiger partial charge < -0.3 is 5.32 Å². The predicted octanol–water partition coefficient (Wildman–Crippen LogP) is 2.55. The van der Waals surface area contributed by atoms with E-state index in [-0.39, 0.29) is 12.4 Å². The molecule has 0 aliphatic carbocycles. The minimum absolute atomic E-state index is 0. The smallest absolute Gasteiger partial charge is 0.0794 e. The van der Waals surface area contributed by atoms with Crippen molar-refractivity contribution in [3.05, 3.63) is 16.6 Å². The van der Waals surface area contributed by atoms with E-state index in [1.165, 1.54) is 30.8 Å². The molecule has 1 aliphatic heterocycles. The number of thioether (sulfide) groups is 1. The number of piperidine rings is 1. The van der Waals surface area contributed by atoms with Crippen LogP contribution in [0.4, 0.5) is 0 Å². The van der Waals surface area contributed by atoms with Gasteiger partial charge >= 0.3 is 0 Å². The first-order valence-electron chi connectivity index (χ1n) is 4.65. The molecule has 2 nitrogen and oxygen atoms in total. The first kappa shape index (κ1) is 12.3. The molecule has 5 heteroatoms. The summed E-state index contributed by atoms with van der Waals surface area (Å²) in [6.45, 7) is 2.39. The van der Waals surface area contributed by atoms with E-state index in [1.807, 2.05) is 11.7 Å². The molecule has 1 saturated heterocycles. The molecular weight excluding hydrogens is 236 g/mol. The van der Waals surface area contributed by atoms with Gasteiger partial charge in [-0.15, -0.1) is 23.7 Å². The van der Waals surface area contributed by atoms with Gasteiger partial charge in [-0.05, 0) is 19.4 Å². The van der Waals surface area contributed by atoms with Crippen molar-refractivity contribution in [2.24, 2.45) is 0 Å². The summed E-state index contributed by atoms with van der Waals surface area (Å²) in [4.78, 5) is 5.47. The number of thiazole rings is 1. The average molecular weight is 251 g/mol. The molecule has 2 heterocycles. The molecule has 1 aromatic rings. The number of hydrogen-bond acceptors (Lipinski definition) is 4. The van der Waals surface area contributed by atoms with Crippen LogP contribution in [0, 0.1) is 0 Å². The average Bonchev–Trinajstić information content (AvgIpc) is 2.69. The molecule has 0 bridgehead atoms. The molecule has 1 unspecified atom stereocenters. The minimum Gasteiger partial charge on any atom is -0.316 e. The number of nitrogens with zero attached hydrogens (tertiary/aromatic N) is 1. The highest BCUT2D eigenvalue weighted by molar-refractivity contribution is 7.99. The van der Waals surface area contributed by atoms with Crippen molar-refractivity contribution < 1.29 is 0 Å². The summed E-state index contributed by atoms with van der Waals surface area (Å²) in [5.41, 5.74) is 1.91. The summed E-state index contributed by atoms with van der Waals surface area (Å²) in [5, 5.41) is 4.25. The van der Waals surface area contributed by atoms with Crippen molar-refractivity contribution in [2.75, 3.05) is 13.1 Å². The topological polar surface area (TPSA) is 24.9 Å². The fourth-order valence-electron chi connectivity index (χ4n) is 1.48. The Morgan fingerprint density at radius 3 is 3.21 bits per heavy atom. The maximum Gasteiger partial charge on any atom is 0.0794 e. The Morgan fingerprint density at radius 1 is 1.64 bits per heavy atom. The molecule has 0 amide bonds. The van der Waals surface area contributed by atoms with Crippen LogP contribution >= 0.6 is 35.5 Å². The molecule has 80 valence electrons. The number of halogens is 1. The largest absolute Gasteiger partial charge is 0.316 e. The second kappa shape index (κ2) is 6.67. The number of rotatable bonds is 3. The highest BCUT2D eigenvalue weighted by Crippen LogP contribution is 2.23. The summed E-state index contributed by atoms with van der Waals surface area (Å²) in [7, 11) is 0. The second-order valence-electron chi connectivity index (χ2n) is 3.25. The van der Waals surface area contributed by atoms with Crippen molar-refractivity contribution in [1.29, 1.82) is 0 Å². The van der Waals surface area contributed by atoms with Crippen LogP contribution in [0.3, 0.4) is 0 Å². The second-order valence-corrected chi connectivity index (χ2v) is 5.51. The predicted molar refractivity (Wildman–Crippen MR) is 66.5 cm³/mol. The van der Waals surface area contributed by atoms with Crippen LogP contribution in [0.2, 0.25) is 0 Å². The third kappa shape index (κ3) is 3.77. The summed E-state index contributed by atoms with van der Waals surface area (Å²) in [6, 6.07) is 0. The van der Waals surface area contributed by atoms with Crippen LogP contribution in [-0.2, 0) is 5.75 Å². The van der Waals surface area contributed by atoms with Crippen LogP contribution in [0.1, 0.15) is 17.7 Å². The molecule has 0 spiro atoms. The van der Waals surface area contributed by atoms with Crippen LogP contribution in [0.15, 0.2) is 11.7 Å². The van der Waals surface area contributed by atoms with Crippen LogP contribution in [0.25, 0.3) is 0 Å². The van der Waals surface area contributed by atoms with Gasteiger partial charge in [-0.2, -0.15) is 11.8 Å². The Labute approximate surface area is 99.3 Å². The maximum atomic E-state index is 4.08. The Bertz CT molecular complexity index is 235. The fraction of sp³-hybridized carbons (Fsp3) is 0.667. The van der Waals surface area contributed by atoms with Gasteiger partial charge in [-0.25, -0.2) is 0 Å². The number of hydrogen-bond donors (Lipinski definition) is 1. The molecule has 14 heavy (non-hydrogen) atoms. The summed E-state index contributed by atoms with van der Waals surface area (Å²) in [6.07, 6.45) is 4.69. The number of nitrogens with one attached hydrogen (secondary N) is 1. The zero-order valence-electron chi connectivity index (χ0n) is 7.94. The van der Waals surface area contributed by atoms with Gasteiger partial charge in [-0.1, -0.05) is 0 Å². The Kier molecular flexibility index (Phi) is 5.86. The molecule has 1 aromatic heterocycles. The van der Waals surface area contributed by atoms with E-state index < -0.39 is 0 Å². The minimum atomic E-state index is 0. The van der Waals surface area contributed by atoms with Crippen LogP contribution < -0.4 is 5.32 Å². The van der Waals surface area contributed by atoms with Crippen molar-refractivity contribution in [3.8, 4) is 0 Å². The summed E-state index contributed by atoms with van der Waals surface area (Å²) in [5.74, 6) is 1.14. The molecule has 2 rings (SSSR count). The zero-order chi connectivity index (χ0) is 8.93. The monoisotopic (exact) mass is 250 g/mol. The molecule has 1 N–H and O–H groups in total. The van der Waals surface area contributed by atoms with E-state index in [2.05, 4.69) is 22.1 Å². The Balaban J connectivity index is 0.000000980. The van der Waals surface area contributed by atoms with Crippen molar-refractivity contribution >= 4 is 35.5 Å². The molecule has 1 aliphatic rings. The molecule has 0 aromatic carbocycles. The highest BCUT2D eigenvalue weighted by atomic mass is 35.5. The standard InChI is InChI=1S/C9H14N2S2.ClH/c1-2-8(4-10-3-1)12-6-9-5-11-7-13-9;/h5,7-8,10H,1-4,6H2;1H. The quantitative estimate of drug-likeness (QED) is 0.893. The van der Waals surface area contributed by atoms with Gasteiger partial charge in [0.2, 0.25) is 0 Å². The normalized spacial score (nSPS) is 21.6. The van der Waals surface area contributed by atoms with E-state index in [0.717, 1.165) is 11.0 Å². The zero-order valence-corrected chi connectivity index (χ0v) is 10.4. The molecule has 1 fully saturated rings. The van der Waals surface area contributed by atoms with Crippen molar-refractivity contribution in [1.82, 2.24) is 10.3 Å². The first-order chi connectivity index (χ1) is 6.45. The Morgan fingerprint density at radius 2 is 2.57 bits per heavy atom. The van der Waals surface area contributed by atoms with E-state index in [9.17, 15) is 0 Å². The highest BCUT2D eigenvalue weighted by Gasteiger charge is 2.13. The van der Waals surface area contributed by atoms with Crippen LogP contribution in [-0.4, -0.2) is 23.3 Å². The van der Waals surface area contributed by atoms with Crippen molar-refractivity contribution in [3.63, 3.8) is 0 Å². The summed E-state index contributed by atoms with van der Waals surface area (Å²) >= 11 is 3.82. The third-order valence-corrected chi connectivity index (χ3v) is 4.51. The fourth-order valence-corrected chi connectivity index (χ4v) is 3.37. The third-order valence-electron chi connectivity index (χ3n) is 2.20. The summed E-state index contributed by atoms with van der Waals surface area (Å²) < 4.78 is 0. The van der Waals surface area contributed by atoms with Crippen LogP contribution in [0.5, 0.6) is 0 Å². The van der Waals surface area contributed by atoms with Gasteiger partial charge in [-0.3, -0.25) is 4.98 Å². The lowest BCUT2D eigenvalue weighted by Crippen LogP contribution is -2.31. The lowest BCUT2D eigenvalue weighted by Gasteiger charge is -2.21. The number of aromatic nitrogens is 1. The molecule has 0 radical (unpaired) electrons. The van der Waals surface area contributed by atoms with Gasteiger partial charge in [0.1, 0.15) is 0 Å². The van der Waals surface area contributed by atoms with Gasteiger partial charge in [0.25, 0.3) is 0 Å². The molecule has 1 atom stereocenters.